The van der Waals surface area contributed by atoms with Gasteiger partial charge in [-0.25, -0.2) is 13.8 Å². The van der Waals surface area contributed by atoms with E-state index in [1.165, 1.54) is 7.11 Å². The Kier molecular flexibility index (Phi) is 2.82. The van der Waals surface area contributed by atoms with Gasteiger partial charge in [-0.3, -0.25) is 0 Å². The molecule has 1 rings (SSSR count). The number of methoxy groups -OCH3 is 1. The molecule has 1 aromatic heterocycles. The molecule has 0 atom stereocenters. The lowest BCUT2D eigenvalue weighted by molar-refractivity contribution is 0.139. The van der Waals surface area contributed by atoms with Crippen LogP contribution in [0.2, 0.25) is 5.15 Å². The lowest BCUT2D eigenvalue weighted by atomic mass is 10.5. The van der Waals surface area contributed by atoms with E-state index >= 15 is 0 Å². The van der Waals surface area contributed by atoms with Crippen LogP contribution in [0.4, 0.5) is 14.5 Å². The number of halogens is 3. The van der Waals surface area contributed by atoms with E-state index in [1.807, 2.05) is 0 Å². The summed E-state index contributed by atoms with van der Waals surface area (Å²) in [5.41, 5.74) is 5.29. The summed E-state index contributed by atoms with van der Waals surface area (Å²) in [5, 5.41) is -0.234. The van der Waals surface area contributed by atoms with Crippen LogP contribution < -0.4 is 10.5 Å². The smallest absolute Gasteiger partial charge is 0.297 e. The summed E-state index contributed by atoms with van der Waals surface area (Å²) < 4.78 is 28.9. The van der Waals surface area contributed by atoms with Crippen molar-refractivity contribution in [1.29, 1.82) is 0 Å². The molecule has 0 fully saturated rings. The molecule has 0 amide bonds. The maximum absolute atomic E-state index is 12.1. The van der Waals surface area contributed by atoms with Crippen LogP contribution in [0.15, 0.2) is 0 Å². The monoisotopic (exact) mass is 209 g/mol. The van der Waals surface area contributed by atoms with Gasteiger partial charge >= 0.3 is 0 Å². The van der Waals surface area contributed by atoms with Gasteiger partial charge in [-0.05, 0) is 0 Å². The van der Waals surface area contributed by atoms with E-state index in [4.69, 9.17) is 17.3 Å². The topological polar surface area (TPSA) is 61.0 Å². The zero-order chi connectivity index (χ0) is 10.0. The molecular weight excluding hydrogens is 204 g/mol. The van der Waals surface area contributed by atoms with Crippen molar-refractivity contribution in [2.75, 3.05) is 12.8 Å². The fourth-order valence-corrected chi connectivity index (χ4v) is 0.859. The van der Waals surface area contributed by atoms with Crippen LogP contribution in [-0.2, 0) is 0 Å². The summed E-state index contributed by atoms with van der Waals surface area (Å²) in [7, 11) is 1.25. The Hall–Kier alpha value is -1.17. The van der Waals surface area contributed by atoms with Crippen LogP contribution >= 0.6 is 11.6 Å². The quantitative estimate of drug-likeness (QED) is 0.753. The first-order valence-corrected chi connectivity index (χ1v) is 3.59. The molecule has 0 aliphatic carbocycles. The van der Waals surface area contributed by atoms with Crippen LogP contribution in [0.25, 0.3) is 0 Å². The molecule has 72 valence electrons. The van der Waals surface area contributed by atoms with Crippen molar-refractivity contribution in [1.82, 2.24) is 9.97 Å². The zero-order valence-electron chi connectivity index (χ0n) is 6.59. The summed E-state index contributed by atoms with van der Waals surface area (Å²) in [6.07, 6.45) is -2.80. The standard InChI is InChI=1S/C6H6ClF2N3O/c1-13-6-2(10)3(7)11-5(12-6)4(8)9/h4H,10H2,1H3. The van der Waals surface area contributed by atoms with Gasteiger partial charge in [-0.15, -0.1) is 0 Å². The molecule has 0 aliphatic heterocycles. The van der Waals surface area contributed by atoms with Crippen molar-refractivity contribution < 1.29 is 13.5 Å². The normalized spacial score (nSPS) is 10.5. The molecule has 0 unspecified atom stereocenters. The maximum Gasteiger partial charge on any atom is 0.297 e. The van der Waals surface area contributed by atoms with Gasteiger partial charge in [-0.2, -0.15) is 4.98 Å². The Morgan fingerprint density at radius 3 is 2.54 bits per heavy atom. The number of nitrogens with zero attached hydrogens (tertiary/aromatic N) is 2. The molecule has 0 bridgehead atoms. The van der Waals surface area contributed by atoms with E-state index in [0.717, 1.165) is 0 Å². The average Bonchev–Trinajstić information content (AvgIpc) is 2.09. The first kappa shape index (κ1) is 9.91. The van der Waals surface area contributed by atoms with Crippen molar-refractivity contribution in [3.8, 4) is 5.88 Å². The lowest BCUT2D eigenvalue weighted by Crippen LogP contribution is -2.03. The van der Waals surface area contributed by atoms with Crippen LogP contribution in [0.1, 0.15) is 12.2 Å². The van der Waals surface area contributed by atoms with Gasteiger partial charge in [0, 0.05) is 0 Å². The first-order valence-electron chi connectivity index (χ1n) is 3.21. The highest BCUT2D eigenvalue weighted by Crippen LogP contribution is 2.28. The number of anilines is 1. The predicted octanol–water partition coefficient (Wildman–Crippen LogP) is 1.66. The minimum absolute atomic E-state index is 0.0476. The molecule has 4 nitrogen and oxygen atoms in total. The van der Waals surface area contributed by atoms with Crippen LogP contribution in [-0.4, -0.2) is 17.1 Å². The summed E-state index contributed by atoms with van der Waals surface area (Å²) in [6.45, 7) is 0. The van der Waals surface area contributed by atoms with Gasteiger partial charge in [0.2, 0.25) is 11.7 Å². The van der Waals surface area contributed by atoms with Gasteiger partial charge in [0.05, 0.1) is 7.11 Å². The summed E-state index contributed by atoms with van der Waals surface area (Å²) in [4.78, 5) is 6.64. The van der Waals surface area contributed by atoms with Crippen LogP contribution in [0.5, 0.6) is 5.88 Å². The summed E-state index contributed by atoms with van der Waals surface area (Å²) >= 11 is 5.45. The molecule has 1 heterocycles. The minimum atomic E-state index is -2.80. The second-order valence-electron chi connectivity index (χ2n) is 2.10. The summed E-state index contributed by atoms with van der Waals surface area (Å²) in [6, 6.07) is 0. The highest BCUT2D eigenvalue weighted by Gasteiger charge is 2.16. The Morgan fingerprint density at radius 1 is 1.46 bits per heavy atom. The Bertz CT molecular complexity index is 321. The SMILES string of the molecule is COc1nc(C(F)F)nc(Cl)c1N. The highest BCUT2D eigenvalue weighted by molar-refractivity contribution is 6.32. The van der Waals surface area contributed by atoms with Crippen molar-refractivity contribution in [3.05, 3.63) is 11.0 Å². The second kappa shape index (κ2) is 3.69. The van der Waals surface area contributed by atoms with Crippen molar-refractivity contribution >= 4 is 17.3 Å². The van der Waals surface area contributed by atoms with Crippen molar-refractivity contribution in [2.45, 2.75) is 6.43 Å². The molecule has 0 aliphatic rings. The van der Waals surface area contributed by atoms with Gasteiger partial charge in [0.1, 0.15) is 5.69 Å². The fraction of sp³-hybridized carbons (Fsp3) is 0.333. The number of ether oxygens (including phenoxy) is 1. The Morgan fingerprint density at radius 2 is 2.08 bits per heavy atom. The average molecular weight is 210 g/mol. The minimum Gasteiger partial charge on any atom is -0.479 e. The first-order chi connectivity index (χ1) is 6.06. The fourth-order valence-electron chi connectivity index (χ4n) is 0.691. The number of aromatic nitrogens is 2. The third-order valence-corrected chi connectivity index (χ3v) is 1.56. The highest BCUT2D eigenvalue weighted by atomic mass is 35.5. The van der Waals surface area contributed by atoms with Crippen LogP contribution in [0.3, 0.4) is 0 Å². The van der Waals surface area contributed by atoms with Crippen molar-refractivity contribution in [2.24, 2.45) is 0 Å². The number of alkyl halides is 2. The molecule has 0 spiro atoms. The molecule has 7 heteroatoms. The maximum atomic E-state index is 12.1. The second-order valence-corrected chi connectivity index (χ2v) is 2.45. The van der Waals surface area contributed by atoms with Gasteiger partial charge < -0.3 is 10.5 Å². The van der Waals surface area contributed by atoms with E-state index in [2.05, 4.69) is 14.7 Å². The van der Waals surface area contributed by atoms with Gasteiger partial charge in [-0.1, -0.05) is 11.6 Å². The molecule has 1 aromatic rings. The molecule has 0 saturated heterocycles. The van der Waals surface area contributed by atoms with E-state index in [-0.39, 0.29) is 16.7 Å². The molecule has 0 saturated carbocycles. The number of hydrogen-bond acceptors (Lipinski definition) is 4. The Balaban J connectivity index is 3.22. The van der Waals surface area contributed by atoms with E-state index < -0.39 is 12.2 Å². The predicted molar refractivity (Wildman–Crippen MR) is 43.0 cm³/mol. The number of nitrogen functional groups attached to an aromatic ring is 1. The van der Waals surface area contributed by atoms with E-state index in [1.54, 1.807) is 0 Å². The van der Waals surface area contributed by atoms with Gasteiger partial charge in [0.25, 0.3) is 6.43 Å². The molecule has 0 radical (unpaired) electrons. The third kappa shape index (κ3) is 1.95. The van der Waals surface area contributed by atoms with E-state index in [9.17, 15) is 8.78 Å². The molecule has 0 aromatic carbocycles. The molecular formula is C6H6ClF2N3O. The van der Waals surface area contributed by atoms with Crippen molar-refractivity contribution in [3.63, 3.8) is 0 Å². The lowest BCUT2D eigenvalue weighted by Gasteiger charge is -2.06. The summed E-state index contributed by atoms with van der Waals surface area (Å²) in [5.74, 6) is -0.841. The molecule has 2 N–H and O–H groups in total. The van der Waals surface area contributed by atoms with E-state index in [0.29, 0.717) is 0 Å². The van der Waals surface area contributed by atoms with Gasteiger partial charge in [0.15, 0.2) is 5.15 Å². The third-order valence-electron chi connectivity index (χ3n) is 1.27. The largest absolute Gasteiger partial charge is 0.479 e. The van der Waals surface area contributed by atoms with Crippen LogP contribution in [0, 0.1) is 0 Å². The zero-order valence-corrected chi connectivity index (χ0v) is 7.35. The number of rotatable bonds is 2. The Labute approximate surface area is 77.7 Å². The number of nitrogens with two attached hydrogens (primary N) is 1. The number of hydrogen-bond donors (Lipinski definition) is 1. The molecule has 13 heavy (non-hydrogen) atoms.